The summed E-state index contributed by atoms with van der Waals surface area (Å²) in [6.45, 7) is 0. The predicted molar refractivity (Wildman–Crippen MR) is 247 cm³/mol. The highest BCUT2D eigenvalue weighted by Gasteiger charge is 2.17. The van der Waals surface area contributed by atoms with E-state index < -0.39 is 0 Å². The Morgan fingerprint density at radius 1 is 0.220 bits per heavy atom. The number of para-hydroxylation sites is 2. The lowest BCUT2D eigenvalue weighted by Crippen LogP contribution is -2.10. The zero-order valence-corrected chi connectivity index (χ0v) is 32.4. The van der Waals surface area contributed by atoms with Gasteiger partial charge in [-0.3, -0.25) is 0 Å². The molecule has 9 aromatic carbocycles. The van der Waals surface area contributed by atoms with E-state index in [2.05, 4.69) is 199 Å². The van der Waals surface area contributed by atoms with Crippen molar-refractivity contribution < 1.29 is 0 Å². The molecule has 0 N–H and O–H groups in total. The molecule has 0 saturated heterocycles. The maximum atomic E-state index is 5.17. The summed E-state index contributed by atoms with van der Waals surface area (Å²) in [4.78, 5) is 12.6. The first-order valence-electron chi connectivity index (χ1n) is 20.0. The third-order valence-corrected chi connectivity index (χ3v) is 10.9. The number of hydrogen-bond acceptors (Lipinski definition) is 3. The Balaban J connectivity index is 1.03. The van der Waals surface area contributed by atoms with Crippen LogP contribution in [-0.4, -0.2) is 9.97 Å². The van der Waals surface area contributed by atoms with Gasteiger partial charge in [0.25, 0.3) is 0 Å². The molecule has 0 aliphatic carbocycles. The van der Waals surface area contributed by atoms with E-state index in [0.29, 0.717) is 0 Å². The molecule has 0 atom stereocenters. The molecule has 0 fully saturated rings. The van der Waals surface area contributed by atoms with E-state index in [9.17, 15) is 0 Å². The van der Waals surface area contributed by atoms with Gasteiger partial charge in [-0.2, -0.15) is 0 Å². The van der Waals surface area contributed by atoms with Crippen molar-refractivity contribution in [1.29, 1.82) is 0 Å². The fourth-order valence-corrected chi connectivity index (χ4v) is 7.90. The highest BCUT2D eigenvalue weighted by molar-refractivity contribution is 5.88. The molecule has 0 aliphatic rings. The Kier molecular flexibility index (Phi) is 9.59. The van der Waals surface area contributed by atoms with Crippen molar-refractivity contribution in [2.24, 2.45) is 0 Å². The monoisotopic (exact) mass is 753 g/mol. The Labute approximate surface area is 345 Å². The highest BCUT2D eigenvalue weighted by atomic mass is 15.1. The van der Waals surface area contributed by atoms with Crippen LogP contribution in [0.3, 0.4) is 0 Å². The molecule has 0 radical (unpaired) electrons. The average molecular weight is 754 g/mol. The minimum absolute atomic E-state index is 0.858. The number of fused-ring (bicyclic) bond motifs is 1. The maximum absolute atomic E-state index is 5.17. The molecular formula is C56H39N3. The molecule has 1 heterocycles. The first-order valence-corrected chi connectivity index (χ1v) is 20.0. The summed E-state index contributed by atoms with van der Waals surface area (Å²) in [7, 11) is 0. The molecule has 3 heteroatoms. The molecule has 0 spiro atoms. The maximum Gasteiger partial charge on any atom is 0.0973 e. The summed E-state index contributed by atoms with van der Waals surface area (Å²) in [6.07, 6.45) is 0. The van der Waals surface area contributed by atoms with Gasteiger partial charge in [-0.1, -0.05) is 188 Å². The molecule has 10 aromatic rings. The van der Waals surface area contributed by atoms with Gasteiger partial charge >= 0.3 is 0 Å². The van der Waals surface area contributed by atoms with Crippen LogP contribution in [0.1, 0.15) is 0 Å². The SMILES string of the molecule is c1ccc(-c2ccc(-c3ccc(N(c4ccc(-c5ccccc5-c5ccccc5)cc4)c4ccc(-c5nc6ccccc6nc5-c5ccccc5)cc4)cc3)cc2)cc1. The number of rotatable bonds is 9. The van der Waals surface area contributed by atoms with Gasteiger partial charge < -0.3 is 4.90 Å². The van der Waals surface area contributed by atoms with Crippen LogP contribution in [0.25, 0.3) is 78.1 Å². The molecule has 59 heavy (non-hydrogen) atoms. The summed E-state index contributed by atoms with van der Waals surface area (Å²) >= 11 is 0. The van der Waals surface area contributed by atoms with Crippen LogP contribution in [-0.2, 0) is 0 Å². The molecule has 278 valence electrons. The van der Waals surface area contributed by atoms with Gasteiger partial charge in [-0.25, -0.2) is 9.97 Å². The van der Waals surface area contributed by atoms with Gasteiger partial charge in [0.1, 0.15) is 0 Å². The van der Waals surface area contributed by atoms with E-state index in [1.807, 2.05) is 42.5 Å². The van der Waals surface area contributed by atoms with Crippen molar-refractivity contribution >= 4 is 28.1 Å². The van der Waals surface area contributed by atoms with Crippen molar-refractivity contribution in [1.82, 2.24) is 9.97 Å². The van der Waals surface area contributed by atoms with Crippen molar-refractivity contribution in [3.63, 3.8) is 0 Å². The molecule has 0 saturated carbocycles. The van der Waals surface area contributed by atoms with Crippen molar-refractivity contribution in [2.75, 3.05) is 4.90 Å². The van der Waals surface area contributed by atoms with E-state index in [1.165, 1.54) is 44.5 Å². The van der Waals surface area contributed by atoms with Crippen molar-refractivity contribution in [2.45, 2.75) is 0 Å². The van der Waals surface area contributed by atoms with E-state index in [1.54, 1.807) is 0 Å². The van der Waals surface area contributed by atoms with Crippen LogP contribution in [0.4, 0.5) is 17.1 Å². The molecule has 0 unspecified atom stereocenters. The van der Waals surface area contributed by atoms with Crippen molar-refractivity contribution in [3.05, 3.63) is 237 Å². The van der Waals surface area contributed by atoms with Crippen LogP contribution in [0.5, 0.6) is 0 Å². The normalized spacial score (nSPS) is 11.1. The lowest BCUT2D eigenvalue weighted by Gasteiger charge is -2.26. The van der Waals surface area contributed by atoms with Gasteiger partial charge in [-0.05, 0) is 93.0 Å². The van der Waals surface area contributed by atoms with E-state index in [0.717, 1.165) is 50.6 Å². The molecule has 10 rings (SSSR count). The largest absolute Gasteiger partial charge is 0.311 e. The topological polar surface area (TPSA) is 29.0 Å². The van der Waals surface area contributed by atoms with E-state index >= 15 is 0 Å². The summed E-state index contributed by atoms with van der Waals surface area (Å²) in [5.74, 6) is 0. The standard InChI is InChI=1S/C56H39N3/c1-4-14-40(15-5-1)41-24-26-42(27-25-41)43-28-34-48(35-29-43)59(49-36-30-45(31-37-49)52-21-11-10-20-51(52)44-16-6-2-7-17-44)50-38-32-47(33-39-50)56-55(46-18-8-3-9-19-46)57-53-22-12-13-23-54(53)58-56/h1-39H. The summed E-state index contributed by atoms with van der Waals surface area (Å²) in [5, 5.41) is 0. The molecule has 0 amide bonds. The Morgan fingerprint density at radius 3 is 0.932 bits per heavy atom. The lowest BCUT2D eigenvalue weighted by atomic mass is 9.94. The average Bonchev–Trinajstić information content (AvgIpc) is 3.33. The minimum atomic E-state index is 0.858. The zero-order valence-electron chi connectivity index (χ0n) is 32.4. The van der Waals surface area contributed by atoms with Crippen molar-refractivity contribution in [3.8, 4) is 67.0 Å². The summed E-state index contributed by atoms with van der Waals surface area (Å²) in [5.41, 5.74) is 18.3. The Bertz CT molecular complexity index is 2980. The molecular weight excluding hydrogens is 715 g/mol. The zero-order chi connectivity index (χ0) is 39.4. The smallest absolute Gasteiger partial charge is 0.0973 e. The Hall–Kier alpha value is -7.88. The van der Waals surface area contributed by atoms with Gasteiger partial charge in [-0.15, -0.1) is 0 Å². The summed E-state index contributed by atoms with van der Waals surface area (Å²) in [6, 6.07) is 83.5. The van der Waals surface area contributed by atoms with E-state index in [4.69, 9.17) is 9.97 Å². The number of hydrogen-bond donors (Lipinski definition) is 0. The molecule has 1 aromatic heterocycles. The van der Waals surface area contributed by atoms with Crippen LogP contribution >= 0.6 is 0 Å². The first-order chi connectivity index (χ1) is 29.2. The fraction of sp³-hybridized carbons (Fsp3) is 0. The first kappa shape index (κ1) is 35.5. The predicted octanol–water partition coefficient (Wildman–Crippen LogP) is 15.1. The minimum Gasteiger partial charge on any atom is -0.311 e. The second-order valence-electron chi connectivity index (χ2n) is 14.6. The molecule has 0 bridgehead atoms. The highest BCUT2D eigenvalue weighted by Crippen LogP contribution is 2.40. The fourth-order valence-electron chi connectivity index (χ4n) is 7.90. The van der Waals surface area contributed by atoms with Gasteiger partial charge in [0.15, 0.2) is 0 Å². The van der Waals surface area contributed by atoms with Gasteiger partial charge in [0.2, 0.25) is 0 Å². The second-order valence-corrected chi connectivity index (χ2v) is 14.6. The van der Waals surface area contributed by atoms with Crippen LogP contribution < -0.4 is 4.90 Å². The number of benzene rings is 9. The van der Waals surface area contributed by atoms with E-state index in [-0.39, 0.29) is 0 Å². The number of aromatic nitrogens is 2. The second kappa shape index (κ2) is 15.9. The third kappa shape index (κ3) is 7.30. The molecule has 3 nitrogen and oxygen atoms in total. The molecule has 0 aliphatic heterocycles. The van der Waals surface area contributed by atoms with Gasteiger partial charge in [0, 0.05) is 28.2 Å². The van der Waals surface area contributed by atoms with Crippen LogP contribution in [0, 0.1) is 0 Å². The lowest BCUT2D eigenvalue weighted by molar-refractivity contribution is 1.27. The third-order valence-electron chi connectivity index (χ3n) is 10.9. The number of nitrogens with zero attached hydrogens (tertiary/aromatic N) is 3. The Morgan fingerprint density at radius 2 is 0.492 bits per heavy atom. The summed E-state index contributed by atoms with van der Waals surface area (Å²) < 4.78 is 0. The number of anilines is 3. The van der Waals surface area contributed by atoms with Gasteiger partial charge in [0.05, 0.1) is 22.4 Å². The van der Waals surface area contributed by atoms with Crippen LogP contribution in [0.2, 0.25) is 0 Å². The van der Waals surface area contributed by atoms with Crippen LogP contribution in [0.15, 0.2) is 237 Å². The quantitative estimate of drug-likeness (QED) is 0.147.